The van der Waals surface area contributed by atoms with Crippen molar-refractivity contribution in [3.63, 3.8) is 0 Å². The van der Waals surface area contributed by atoms with Crippen LogP contribution in [0, 0.1) is 0 Å². The Morgan fingerprint density at radius 1 is 1.32 bits per heavy atom. The first-order valence-corrected chi connectivity index (χ1v) is 9.71. The average Bonchev–Trinajstić information content (AvgIpc) is 2.54. The number of ether oxygens (including phenoxy) is 1. The molecule has 0 aromatic heterocycles. The summed E-state index contributed by atoms with van der Waals surface area (Å²) in [5.41, 5.74) is 0.902. The Morgan fingerprint density at radius 3 is 2.60 bits per heavy atom. The van der Waals surface area contributed by atoms with Gasteiger partial charge < -0.3 is 14.7 Å². The summed E-state index contributed by atoms with van der Waals surface area (Å²) in [7, 11) is -3.68. The first kappa shape index (κ1) is 19.4. The predicted octanol–water partition coefficient (Wildman–Crippen LogP) is -0.197. The van der Waals surface area contributed by atoms with E-state index in [2.05, 4.69) is 0 Å². The molecular formula is C16H22N2O6S. The van der Waals surface area contributed by atoms with Crippen LogP contribution in [0.2, 0.25) is 0 Å². The summed E-state index contributed by atoms with van der Waals surface area (Å²) >= 11 is 0. The third-order valence-electron chi connectivity index (χ3n) is 3.88. The van der Waals surface area contributed by atoms with E-state index in [0.717, 1.165) is 16.1 Å². The maximum atomic E-state index is 12.4. The molecule has 0 bridgehead atoms. The number of hydrogen-bond acceptors (Lipinski definition) is 5. The Balaban J connectivity index is 1.97. The zero-order chi connectivity index (χ0) is 18.4. The number of sulfonamides is 1. The van der Waals surface area contributed by atoms with Gasteiger partial charge in [-0.1, -0.05) is 30.3 Å². The van der Waals surface area contributed by atoms with Gasteiger partial charge >= 0.3 is 5.97 Å². The highest BCUT2D eigenvalue weighted by Gasteiger charge is 2.29. The maximum absolute atomic E-state index is 12.4. The van der Waals surface area contributed by atoms with Crippen LogP contribution in [0.1, 0.15) is 5.56 Å². The summed E-state index contributed by atoms with van der Waals surface area (Å²) in [5.74, 6) is -1.30. The fourth-order valence-corrected chi connectivity index (χ4v) is 3.42. The number of carboxylic acid groups (broad SMARTS) is 1. The Kier molecular flexibility index (Phi) is 6.51. The second-order valence-corrected chi connectivity index (χ2v) is 7.93. The zero-order valence-corrected chi connectivity index (χ0v) is 14.8. The number of carbonyl (C=O) groups is 2. The summed E-state index contributed by atoms with van der Waals surface area (Å²) < 4.78 is 29.8. The van der Waals surface area contributed by atoms with Gasteiger partial charge in [0.1, 0.15) is 6.54 Å². The summed E-state index contributed by atoms with van der Waals surface area (Å²) in [4.78, 5) is 24.9. The molecule has 0 saturated carbocycles. The molecule has 1 amide bonds. The van der Waals surface area contributed by atoms with Crippen molar-refractivity contribution in [3.8, 4) is 0 Å². The third kappa shape index (κ3) is 6.11. The van der Waals surface area contributed by atoms with Crippen LogP contribution in [0.5, 0.6) is 0 Å². The van der Waals surface area contributed by atoms with Gasteiger partial charge in [-0.3, -0.25) is 9.59 Å². The first-order chi connectivity index (χ1) is 11.8. The van der Waals surface area contributed by atoms with Crippen LogP contribution in [0.25, 0.3) is 0 Å². The molecule has 1 fully saturated rings. The van der Waals surface area contributed by atoms with E-state index < -0.39 is 28.6 Å². The van der Waals surface area contributed by atoms with Gasteiger partial charge in [0.15, 0.2) is 0 Å². The van der Waals surface area contributed by atoms with Crippen molar-refractivity contribution in [2.45, 2.75) is 12.5 Å². The van der Waals surface area contributed by atoms with E-state index in [0.29, 0.717) is 6.54 Å². The smallest absolute Gasteiger partial charge is 0.318 e. The van der Waals surface area contributed by atoms with E-state index in [1.165, 1.54) is 0 Å². The number of rotatable bonds is 7. The molecule has 1 heterocycles. The van der Waals surface area contributed by atoms with Crippen molar-refractivity contribution in [2.75, 3.05) is 39.0 Å². The van der Waals surface area contributed by atoms with Gasteiger partial charge in [0.2, 0.25) is 15.9 Å². The molecule has 0 radical (unpaired) electrons. The molecule has 0 spiro atoms. The molecule has 2 rings (SSSR count). The number of hydrogen-bond donors (Lipinski definition) is 1. The maximum Gasteiger partial charge on any atom is 0.318 e. The lowest BCUT2D eigenvalue weighted by atomic mass is 10.1. The van der Waals surface area contributed by atoms with E-state index in [1.807, 2.05) is 30.3 Å². The number of carbonyl (C=O) groups excluding carboxylic acids is 1. The van der Waals surface area contributed by atoms with E-state index in [4.69, 9.17) is 9.84 Å². The van der Waals surface area contributed by atoms with Gasteiger partial charge in [-0.25, -0.2) is 8.42 Å². The Labute approximate surface area is 147 Å². The highest BCUT2D eigenvalue weighted by atomic mass is 32.2. The van der Waals surface area contributed by atoms with Gasteiger partial charge in [0.25, 0.3) is 0 Å². The number of aliphatic carboxylic acids is 1. The summed E-state index contributed by atoms with van der Waals surface area (Å²) in [6.45, 7) is 0.226. The van der Waals surface area contributed by atoms with Crippen molar-refractivity contribution in [1.82, 2.24) is 9.21 Å². The summed E-state index contributed by atoms with van der Waals surface area (Å²) in [5, 5.41) is 8.87. The fraction of sp³-hybridized carbons (Fsp3) is 0.500. The average molecular weight is 370 g/mol. The SMILES string of the molecule is CS(=O)(=O)N(CC(=O)O)CC1CN(C(=O)Cc2ccccc2)CCO1. The minimum atomic E-state index is -3.68. The van der Waals surface area contributed by atoms with Gasteiger partial charge in [-0.2, -0.15) is 4.31 Å². The quantitative estimate of drug-likeness (QED) is 0.713. The fourth-order valence-electron chi connectivity index (χ4n) is 2.63. The van der Waals surface area contributed by atoms with Gasteiger partial charge in [-0.15, -0.1) is 0 Å². The van der Waals surface area contributed by atoms with Gasteiger partial charge in [0, 0.05) is 19.6 Å². The molecule has 1 unspecified atom stereocenters. The third-order valence-corrected chi connectivity index (χ3v) is 5.09. The minimum Gasteiger partial charge on any atom is -0.480 e. The summed E-state index contributed by atoms with van der Waals surface area (Å²) in [6.07, 6.45) is 0.665. The molecule has 1 aliphatic rings. The van der Waals surface area contributed by atoms with Crippen LogP contribution in [-0.4, -0.2) is 79.8 Å². The second kappa shape index (κ2) is 8.41. The molecule has 9 heteroatoms. The number of carboxylic acids is 1. The van der Waals surface area contributed by atoms with Gasteiger partial charge in [0.05, 0.1) is 25.4 Å². The monoisotopic (exact) mass is 370 g/mol. The Morgan fingerprint density at radius 2 is 2.00 bits per heavy atom. The highest BCUT2D eigenvalue weighted by molar-refractivity contribution is 7.88. The van der Waals surface area contributed by atoms with Crippen LogP contribution in [-0.2, 0) is 30.8 Å². The lowest BCUT2D eigenvalue weighted by molar-refractivity contribution is -0.140. The van der Waals surface area contributed by atoms with Crippen molar-refractivity contribution in [2.24, 2.45) is 0 Å². The van der Waals surface area contributed by atoms with Crippen LogP contribution in [0.15, 0.2) is 30.3 Å². The molecule has 1 aromatic carbocycles. The van der Waals surface area contributed by atoms with Crippen molar-refractivity contribution in [3.05, 3.63) is 35.9 Å². The van der Waals surface area contributed by atoms with Crippen LogP contribution in [0.4, 0.5) is 0 Å². The molecule has 25 heavy (non-hydrogen) atoms. The molecule has 1 aromatic rings. The number of benzene rings is 1. The van der Waals surface area contributed by atoms with Gasteiger partial charge in [-0.05, 0) is 5.56 Å². The normalized spacial score (nSPS) is 18.3. The molecule has 1 N–H and O–H groups in total. The molecule has 1 saturated heterocycles. The Bertz CT molecular complexity index is 707. The standard InChI is InChI=1S/C16H22N2O6S/c1-25(22,23)18(12-16(20)21)11-14-10-17(7-8-24-14)15(19)9-13-5-3-2-4-6-13/h2-6,14H,7-12H2,1H3,(H,20,21). The predicted molar refractivity (Wildman–Crippen MR) is 90.5 cm³/mol. The van der Waals surface area contributed by atoms with Crippen LogP contribution in [0.3, 0.4) is 0 Å². The largest absolute Gasteiger partial charge is 0.480 e. The summed E-state index contributed by atoms with van der Waals surface area (Å²) in [6, 6.07) is 9.34. The molecule has 138 valence electrons. The molecular weight excluding hydrogens is 348 g/mol. The van der Waals surface area contributed by atoms with E-state index in [-0.39, 0.29) is 32.0 Å². The molecule has 8 nitrogen and oxygen atoms in total. The van der Waals surface area contributed by atoms with Crippen LogP contribution < -0.4 is 0 Å². The second-order valence-electron chi connectivity index (χ2n) is 5.94. The highest BCUT2D eigenvalue weighted by Crippen LogP contribution is 2.11. The van der Waals surface area contributed by atoms with E-state index >= 15 is 0 Å². The molecule has 1 aliphatic heterocycles. The molecule has 1 atom stereocenters. The Hall–Kier alpha value is -1.97. The lowest BCUT2D eigenvalue weighted by Crippen LogP contribution is -2.51. The van der Waals surface area contributed by atoms with Crippen molar-refractivity contribution in [1.29, 1.82) is 0 Å². The minimum absolute atomic E-state index is 0.0661. The number of morpholine rings is 1. The zero-order valence-electron chi connectivity index (χ0n) is 14.0. The van der Waals surface area contributed by atoms with Crippen LogP contribution >= 0.6 is 0 Å². The number of amides is 1. The van der Waals surface area contributed by atoms with Crippen molar-refractivity contribution >= 4 is 21.9 Å². The van der Waals surface area contributed by atoms with E-state index in [1.54, 1.807) is 4.90 Å². The van der Waals surface area contributed by atoms with E-state index in [9.17, 15) is 18.0 Å². The van der Waals surface area contributed by atoms with Crippen molar-refractivity contribution < 1.29 is 27.9 Å². The molecule has 0 aliphatic carbocycles. The number of nitrogens with zero attached hydrogens (tertiary/aromatic N) is 2. The topological polar surface area (TPSA) is 104 Å². The first-order valence-electron chi connectivity index (χ1n) is 7.86. The lowest BCUT2D eigenvalue weighted by Gasteiger charge is -2.35.